The average molecular weight is 383 g/mol. The molecule has 1 amide bonds. The summed E-state index contributed by atoms with van der Waals surface area (Å²) in [5.41, 5.74) is 1.68. The number of methoxy groups -OCH3 is 3. The van der Waals surface area contributed by atoms with E-state index in [0.717, 1.165) is 0 Å². The Bertz CT molecular complexity index is 916. The Balaban J connectivity index is 1.76. The number of hydrogen-bond donors (Lipinski definition) is 2. The van der Waals surface area contributed by atoms with Gasteiger partial charge in [-0.2, -0.15) is 0 Å². The first-order valence-electron chi connectivity index (χ1n) is 8.48. The number of aromatic nitrogens is 1. The van der Waals surface area contributed by atoms with Crippen molar-refractivity contribution in [1.82, 2.24) is 10.3 Å². The van der Waals surface area contributed by atoms with Gasteiger partial charge in [-0.3, -0.25) is 9.78 Å². The molecule has 146 valence electrons. The third-order valence-electron chi connectivity index (χ3n) is 3.95. The van der Waals surface area contributed by atoms with Crippen LogP contribution in [0.25, 0.3) is 0 Å². The standard InChI is InChI=1S/C20H21N3O5/c1-25-17-10-14(11-18(26-2)19(17)27-3)23-13-6-7-21-16(9-13)20(24)22-12-15-5-4-8-28-15/h4-11H,12H2,1-3H3,(H,21,23)(H,22,24). The molecule has 1 aromatic carbocycles. The fourth-order valence-electron chi connectivity index (χ4n) is 2.62. The first kappa shape index (κ1) is 19.1. The monoisotopic (exact) mass is 383 g/mol. The van der Waals surface area contributed by atoms with E-state index in [1.54, 1.807) is 70.2 Å². The maximum atomic E-state index is 12.3. The molecule has 2 heterocycles. The van der Waals surface area contributed by atoms with Gasteiger partial charge in [-0.1, -0.05) is 0 Å². The third-order valence-corrected chi connectivity index (χ3v) is 3.95. The van der Waals surface area contributed by atoms with Crippen LogP contribution in [-0.4, -0.2) is 32.2 Å². The molecule has 0 atom stereocenters. The van der Waals surface area contributed by atoms with Gasteiger partial charge in [0.2, 0.25) is 5.75 Å². The van der Waals surface area contributed by atoms with Crippen molar-refractivity contribution in [2.45, 2.75) is 6.54 Å². The first-order valence-corrected chi connectivity index (χ1v) is 8.48. The molecular weight excluding hydrogens is 362 g/mol. The van der Waals surface area contributed by atoms with Gasteiger partial charge in [0.1, 0.15) is 11.5 Å². The van der Waals surface area contributed by atoms with E-state index in [1.807, 2.05) is 0 Å². The van der Waals surface area contributed by atoms with Crippen LogP contribution in [0.15, 0.2) is 53.3 Å². The van der Waals surface area contributed by atoms with Crippen LogP contribution < -0.4 is 24.8 Å². The van der Waals surface area contributed by atoms with Gasteiger partial charge in [0.15, 0.2) is 11.5 Å². The molecule has 0 aliphatic heterocycles. The van der Waals surface area contributed by atoms with Crippen molar-refractivity contribution in [1.29, 1.82) is 0 Å². The summed E-state index contributed by atoms with van der Waals surface area (Å²) >= 11 is 0. The predicted octanol–water partition coefficient (Wildman–Crippen LogP) is 3.37. The molecule has 28 heavy (non-hydrogen) atoms. The minimum Gasteiger partial charge on any atom is -0.493 e. The van der Waals surface area contributed by atoms with E-state index >= 15 is 0 Å². The van der Waals surface area contributed by atoms with Crippen LogP contribution >= 0.6 is 0 Å². The summed E-state index contributed by atoms with van der Waals surface area (Å²) in [5, 5.41) is 5.98. The fourth-order valence-corrected chi connectivity index (χ4v) is 2.62. The summed E-state index contributed by atoms with van der Waals surface area (Å²) < 4.78 is 21.2. The summed E-state index contributed by atoms with van der Waals surface area (Å²) in [6.07, 6.45) is 3.11. The van der Waals surface area contributed by atoms with Crippen LogP contribution in [0, 0.1) is 0 Å². The van der Waals surface area contributed by atoms with Crippen molar-refractivity contribution in [3.05, 3.63) is 60.3 Å². The van der Waals surface area contributed by atoms with E-state index in [4.69, 9.17) is 18.6 Å². The molecule has 0 radical (unpaired) electrons. The van der Waals surface area contributed by atoms with Crippen LogP contribution in [0.3, 0.4) is 0 Å². The largest absolute Gasteiger partial charge is 0.493 e. The molecular formula is C20H21N3O5. The zero-order valence-corrected chi connectivity index (χ0v) is 15.8. The molecule has 0 aliphatic carbocycles. The van der Waals surface area contributed by atoms with Crippen LogP contribution in [0.4, 0.5) is 11.4 Å². The van der Waals surface area contributed by atoms with Crippen molar-refractivity contribution in [3.8, 4) is 17.2 Å². The molecule has 0 fully saturated rings. The van der Waals surface area contributed by atoms with Gasteiger partial charge in [0.25, 0.3) is 5.91 Å². The minimum absolute atomic E-state index is 0.281. The van der Waals surface area contributed by atoms with Crippen LogP contribution in [0.1, 0.15) is 16.2 Å². The number of nitrogens with one attached hydrogen (secondary N) is 2. The van der Waals surface area contributed by atoms with Gasteiger partial charge in [-0.15, -0.1) is 0 Å². The number of pyridine rings is 1. The lowest BCUT2D eigenvalue weighted by Crippen LogP contribution is -2.23. The smallest absolute Gasteiger partial charge is 0.270 e. The number of benzene rings is 1. The highest BCUT2D eigenvalue weighted by atomic mass is 16.5. The second kappa shape index (κ2) is 8.81. The summed E-state index contributed by atoms with van der Waals surface area (Å²) in [7, 11) is 4.65. The Hall–Kier alpha value is -3.68. The van der Waals surface area contributed by atoms with E-state index in [0.29, 0.717) is 34.4 Å². The second-order valence-electron chi connectivity index (χ2n) is 5.73. The lowest BCUT2D eigenvalue weighted by molar-refractivity contribution is 0.0943. The van der Waals surface area contributed by atoms with Crippen molar-refractivity contribution >= 4 is 17.3 Å². The predicted molar refractivity (Wildman–Crippen MR) is 103 cm³/mol. The highest BCUT2D eigenvalue weighted by molar-refractivity contribution is 5.93. The Labute approximate surface area is 162 Å². The number of furan rings is 1. The van der Waals surface area contributed by atoms with Crippen molar-refractivity contribution in [3.63, 3.8) is 0 Å². The molecule has 3 rings (SSSR count). The van der Waals surface area contributed by atoms with Gasteiger partial charge >= 0.3 is 0 Å². The Morgan fingerprint density at radius 2 is 1.79 bits per heavy atom. The zero-order valence-electron chi connectivity index (χ0n) is 15.8. The molecule has 0 aliphatic rings. The molecule has 0 unspecified atom stereocenters. The Morgan fingerprint density at radius 3 is 2.39 bits per heavy atom. The summed E-state index contributed by atoms with van der Waals surface area (Å²) in [5.74, 6) is 1.91. The fraction of sp³-hybridized carbons (Fsp3) is 0.200. The topological polar surface area (TPSA) is 94.9 Å². The highest BCUT2D eigenvalue weighted by Crippen LogP contribution is 2.40. The highest BCUT2D eigenvalue weighted by Gasteiger charge is 2.14. The van der Waals surface area contributed by atoms with Gasteiger partial charge < -0.3 is 29.3 Å². The normalized spacial score (nSPS) is 10.2. The van der Waals surface area contributed by atoms with Crippen molar-refractivity contribution in [2.24, 2.45) is 0 Å². The number of amides is 1. The summed E-state index contributed by atoms with van der Waals surface area (Å²) in [6, 6.07) is 10.5. The van der Waals surface area contributed by atoms with Gasteiger partial charge in [-0.05, 0) is 24.3 Å². The lowest BCUT2D eigenvalue weighted by atomic mass is 10.2. The van der Waals surface area contributed by atoms with E-state index in [9.17, 15) is 4.79 Å². The quantitative estimate of drug-likeness (QED) is 0.616. The van der Waals surface area contributed by atoms with E-state index in [-0.39, 0.29) is 18.1 Å². The Morgan fingerprint density at radius 1 is 1.04 bits per heavy atom. The SMILES string of the molecule is COc1cc(Nc2ccnc(C(=O)NCc3ccco3)c2)cc(OC)c1OC. The summed E-state index contributed by atoms with van der Waals surface area (Å²) in [4.78, 5) is 16.5. The molecule has 8 nitrogen and oxygen atoms in total. The number of hydrogen-bond acceptors (Lipinski definition) is 7. The number of carbonyl (C=O) groups excluding carboxylic acids is 1. The van der Waals surface area contributed by atoms with Gasteiger partial charge in [-0.25, -0.2) is 0 Å². The lowest BCUT2D eigenvalue weighted by Gasteiger charge is -2.15. The second-order valence-corrected chi connectivity index (χ2v) is 5.73. The molecule has 0 saturated heterocycles. The summed E-state index contributed by atoms with van der Waals surface area (Å²) in [6.45, 7) is 0.290. The van der Waals surface area contributed by atoms with Crippen LogP contribution in [0.2, 0.25) is 0 Å². The minimum atomic E-state index is -0.301. The molecule has 0 bridgehead atoms. The van der Waals surface area contributed by atoms with E-state index in [1.165, 1.54) is 0 Å². The first-order chi connectivity index (χ1) is 13.6. The Kier molecular flexibility index (Phi) is 6.01. The maximum Gasteiger partial charge on any atom is 0.270 e. The number of rotatable bonds is 8. The average Bonchev–Trinajstić information content (AvgIpc) is 3.25. The number of nitrogens with zero attached hydrogens (tertiary/aromatic N) is 1. The van der Waals surface area contributed by atoms with Gasteiger partial charge in [0.05, 0.1) is 34.1 Å². The van der Waals surface area contributed by atoms with Gasteiger partial charge in [0, 0.05) is 29.7 Å². The van der Waals surface area contributed by atoms with Crippen molar-refractivity contribution in [2.75, 3.05) is 26.6 Å². The number of carbonyl (C=O) groups is 1. The number of ether oxygens (including phenoxy) is 3. The molecule has 2 aromatic heterocycles. The maximum absolute atomic E-state index is 12.3. The number of anilines is 2. The van der Waals surface area contributed by atoms with Crippen LogP contribution in [0.5, 0.6) is 17.2 Å². The molecule has 0 saturated carbocycles. The zero-order chi connectivity index (χ0) is 19.9. The molecule has 0 spiro atoms. The molecule has 8 heteroatoms. The van der Waals surface area contributed by atoms with Crippen molar-refractivity contribution < 1.29 is 23.4 Å². The van der Waals surface area contributed by atoms with E-state index < -0.39 is 0 Å². The molecule has 3 aromatic rings. The molecule has 2 N–H and O–H groups in total. The van der Waals surface area contributed by atoms with Crippen LogP contribution in [-0.2, 0) is 6.54 Å². The third kappa shape index (κ3) is 4.35. The van der Waals surface area contributed by atoms with E-state index in [2.05, 4.69) is 15.6 Å².